The third-order valence-electron chi connectivity index (χ3n) is 3.48. The van der Waals surface area contributed by atoms with Crippen LogP contribution in [0.4, 0.5) is 0 Å². The number of rotatable bonds is 8. The molecule has 1 aliphatic heterocycles. The molecule has 0 bridgehead atoms. The fourth-order valence-corrected chi connectivity index (χ4v) is 2.13. The molecule has 1 fully saturated rings. The van der Waals surface area contributed by atoms with E-state index in [2.05, 4.69) is 22.2 Å². The Morgan fingerprint density at radius 3 is 2.56 bits per heavy atom. The van der Waals surface area contributed by atoms with Gasteiger partial charge in [-0.25, -0.2) is 0 Å². The van der Waals surface area contributed by atoms with Gasteiger partial charge in [0.1, 0.15) is 0 Å². The number of likely N-dealkylation sites (tertiary alicyclic amines) is 1. The van der Waals surface area contributed by atoms with Crippen LogP contribution in [0.3, 0.4) is 0 Å². The van der Waals surface area contributed by atoms with Crippen LogP contribution in [0.25, 0.3) is 0 Å². The van der Waals surface area contributed by atoms with Gasteiger partial charge in [0, 0.05) is 19.1 Å². The molecule has 96 valence electrons. The molecule has 0 aromatic rings. The fourth-order valence-electron chi connectivity index (χ4n) is 2.13. The molecule has 2 N–H and O–H groups in total. The van der Waals surface area contributed by atoms with Crippen molar-refractivity contribution >= 4 is 0 Å². The van der Waals surface area contributed by atoms with Gasteiger partial charge in [0.25, 0.3) is 0 Å². The molecule has 4 nitrogen and oxygen atoms in total. The summed E-state index contributed by atoms with van der Waals surface area (Å²) >= 11 is 0. The molecule has 0 aromatic heterocycles. The molecule has 0 spiro atoms. The number of nitrogens with one attached hydrogen (secondary N) is 1. The highest BCUT2D eigenvalue weighted by Crippen LogP contribution is 2.06. The highest BCUT2D eigenvalue weighted by molar-refractivity contribution is 4.69. The second kappa shape index (κ2) is 8.01. The fraction of sp³-hybridized carbons (Fsp3) is 1.00. The van der Waals surface area contributed by atoms with Crippen LogP contribution < -0.4 is 5.32 Å². The van der Waals surface area contributed by atoms with Gasteiger partial charge in [-0.05, 0) is 53.0 Å². The van der Waals surface area contributed by atoms with Crippen LogP contribution in [-0.4, -0.2) is 74.4 Å². The molecule has 16 heavy (non-hydrogen) atoms. The Labute approximate surface area is 99.6 Å². The van der Waals surface area contributed by atoms with Gasteiger partial charge in [-0.1, -0.05) is 0 Å². The summed E-state index contributed by atoms with van der Waals surface area (Å²) in [6, 6.07) is 0.245. The number of aliphatic hydroxyl groups excluding tert-OH is 1. The first-order valence-electron chi connectivity index (χ1n) is 6.45. The van der Waals surface area contributed by atoms with Crippen molar-refractivity contribution in [2.24, 2.45) is 0 Å². The zero-order valence-corrected chi connectivity index (χ0v) is 10.8. The van der Waals surface area contributed by atoms with Crippen molar-refractivity contribution in [2.45, 2.75) is 25.3 Å². The molecule has 1 aliphatic rings. The van der Waals surface area contributed by atoms with Gasteiger partial charge in [-0.3, -0.25) is 0 Å². The van der Waals surface area contributed by atoms with E-state index in [9.17, 15) is 0 Å². The summed E-state index contributed by atoms with van der Waals surface area (Å²) in [6.07, 6.45) is 3.76. The first-order chi connectivity index (χ1) is 7.76. The van der Waals surface area contributed by atoms with Gasteiger partial charge in [0.05, 0.1) is 6.61 Å². The second-order valence-corrected chi connectivity index (χ2v) is 4.81. The Morgan fingerprint density at radius 2 is 2.00 bits per heavy atom. The molecule has 1 heterocycles. The summed E-state index contributed by atoms with van der Waals surface area (Å²) in [5, 5.41) is 12.2. The third kappa shape index (κ3) is 5.25. The monoisotopic (exact) mass is 229 g/mol. The molecule has 0 saturated carbocycles. The van der Waals surface area contributed by atoms with Crippen molar-refractivity contribution in [2.75, 3.05) is 53.4 Å². The minimum absolute atomic E-state index is 0.233. The minimum atomic E-state index is 0.233. The number of aliphatic hydroxyl groups is 1. The van der Waals surface area contributed by atoms with E-state index >= 15 is 0 Å². The van der Waals surface area contributed by atoms with Gasteiger partial charge in [-0.15, -0.1) is 0 Å². The van der Waals surface area contributed by atoms with E-state index in [0.29, 0.717) is 0 Å². The average molecular weight is 229 g/mol. The van der Waals surface area contributed by atoms with Crippen LogP contribution in [0, 0.1) is 0 Å². The zero-order valence-electron chi connectivity index (χ0n) is 10.8. The molecule has 1 rings (SSSR count). The van der Waals surface area contributed by atoms with Gasteiger partial charge < -0.3 is 20.2 Å². The quantitative estimate of drug-likeness (QED) is 0.614. The molecule has 1 unspecified atom stereocenters. The van der Waals surface area contributed by atoms with E-state index in [1.807, 2.05) is 7.05 Å². The first-order valence-corrected chi connectivity index (χ1v) is 6.45. The van der Waals surface area contributed by atoms with E-state index in [1.165, 1.54) is 32.5 Å². The van der Waals surface area contributed by atoms with Crippen LogP contribution in [-0.2, 0) is 0 Å². The van der Waals surface area contributed by atoms with Crippen LogP contribution in [0.1, 0.15) is 19.3 Å². The van der Waals surface area contributed by atoms with Crippen LogP contribution in [0.2, 0.25) is 0 Å². The van der Waals surface area contributed by atoms with Gasteiger partial charge in [0.15, 0.2) is 0 Å². The maximum atomic E-state index is 9.05. The molecule has 1 saturated heterocycles. The number of nitrogens with zero attached hydrogens (tertiary/aromatic N) is 2. The standard InChI is InChI=1S/C12H27N3O/c1-13-12(11-16)5-8-14(2)9-10-15-6-3-4-7-15/h12-13,16H,3-11H2,1-2H3. The molecule has 0 radical (unpaired) electrons. The normalized spacial score (nSPS) is 19.5. The summed E-state index contributed by atoms with van der Waals surface area (Å²) in [7, 11) is 4.07. The first kappa shape index (κ1) is 13.9. The van der Waals surface area contributed by atoms with E-state index in [-0.39, 0.29) is 12.6 Å². The van der Waals surface area contributed by atoms with Crippen molar-refractivity contribution < 1.29 is 5.11 Å². The van der Waals surface area contributed by atoms with Crippen LogP contribution in [0.5, 0.6) is 0 Å². The topological polar surface area (TPSA) is 38.7 Å². The summed E-state index contributed by atoms with van der Waals surface area (Å²) < 4.78 is 0. The lowest BCUT2D eigenvalue weighted by Gasteiger charge is -2.23. The summed E-state index contributed by atoms with van der Waals surface area (Å²) in [5.41, 5.74) is 0. The van der Waals surface area contributed by atoms with E-state index in [1.54, 1.807) is 0 Å². The highest BCUT2D eigenvalue weighted by Gasteiger charge is 2.12. The Kier molecular flexibility index (Phi) is 6.96. The number of hydrogen-bond donors (Lipinski definition) is 2. The lowest BCUT2D eigenvalue weighted by molar-refractivity contribution is 0.212. The van der Waals surface area contributed by atoms with Crippen molar-refractivity contribution in [3.05, 3.63) is 0 Å². The smallest absolute Gasteiger partial charge is 0.0585 e. The SMILES string of the molecule is CNC(CO)CCN(C)CCN1CCCC1. The van der Waals surface area contributed by atoms with Crippen LogP contribution >= 0.6 is 0 Å². The predicted octanol–water partition coefficient (Wildman–Crippen LogP) is -0.0156. The van der Waals surface area contributed by atoms with Gasteiger partial charge >= 0.3 is 0 Å². The van der Waals surface area contributed by atoms with Crippen LogP contribution in [0.15, 0.2) is 0 Å². The Hall–Kier alpha value is -0.160. The Balaban J connectivity index is 2.03. The second-order valence-electron chi connectivity index (χ2n) is 4.81. The van der Waals surface area contributed by atoms with E-state index in [0.717, 1.165) is 19.5 Å². The van der Waals surface area contributed by atoms with Crippen molar-refractivity contribution in [1.29, 1.82) is 0 Å². The maximum Gasteiger partial charge on any atom is 0.0585 e. The molecular weight excluding hydrogens is 202 g/mol. The van der Waals surface area contributed by atoms with Gasteiger partial charge in [-0.2, -0.15) is 0 Å². The molecule has 0 aromatic carbocycles. The predicted molar refractivity (Wildman–Crippen MR) is 67.7 cm³/mol. The maximum absolute atomic E-state index is 9.05. The Bertz CT molecular complexity index is 162. The van der Waals surface area contributed by atoms with Crippen molar-refractivity contribution in [3.63, 3.8) is 0 Å². The third-order valence-corrected chi connectivity index (χ3v) is 3.48. The molecule has 0 aliphatic carbocycles. The number of likely N-dealkylation sites (N-methyl/N-ethyl adjacent to an activating group) is 2. The van der Waals surface area contributed by atoms with Crippen molar-refractivity contribution in [1.82, 2.24) is 15.1 Å². The van der Waals surface area contributed by atoms with E-state index < -0.39 is 0 Å². The summed E-state index contributed by atoms with van der Waals surface area (Å²) in [5.74, 6) is 0. The Morgan fingerprint density at radius 1 is 1.31 bits per heavy atom. The van der Waals surface area contributed by atoms with Crippen molar-refractivity contribution in [3.8, 4) is 0 Å². The summed E-state index contributed by atoms with van der Waals surface area (Å²) in [4.78, 5) is 4.90. The number of hydrogen-bond acceptors (Lipinski definition) is 4. The molecule has 4 heteroatoms. The lowest BCUT2D eigenvalue weighted by Crippen LogP contribution is -2.36. The zero-order chi connectivity index (χ0) is 11.8. The average Bonchev–Trinajstić information content (AvgIpc) is 2.80. The summed E-state index contributed by atoms with van der Waals surface area (Å²) in [6.45, 7) is 6.19. The lowest BCUT2D eigenvalue weighted by atomic mass is 10.2. The minimum Gasteiger partial charge on any atom is -0.395 e. The molecule has 1 atom stereocenters. The van der Waals surface area contributed by atoms with Gasteiger partial charge in [0.2, 0.25) is 0 Å². The largest absolute Gasteiger partial charge is 0.395 e. The van der Waals surface area contributed by atoms with E-state index in [4.69, 9.17) is 5.11 Å². The molecule has 0 amide bonds. The molecular formula is C12H27N3O. The highest BCUT2D eigenvalue weighted by atomic mass is 16.3.